The first-order valence-corrected chi connectivity index (χ1v) is 10.7. The Morgan fingerprint density at radius 2 is 1.80 bits per heavy atom. The van der Waals surface area contributed by atoms with E-state index in [4.69, 9.17) is 5.73 Å². The number of aromatic nitrogens is 6. The molecule has 0 aliphatic rings. The summed E-state index contributed by atoms with van der Waals surface area (Å²) in [5.41, 5.74) is 9.79. The molecule has 0 aliphatic heterocycles. The van der Waals surface area contributed by atoms with Crippen LogP contribution < -0.4 is 5.73 Å². The highest BCUT2D eigenvalue weighted by atomic mass is 19.4. The molecule has 0 saturated heterocycles. The SMILES string of the molecule is CC(N)c1cccc(-c2cc(-c3cnn(C(F)(F)F)c3)c3cnn(-c4cccc(CO)n4)c3c2)n1. The minimum Gasteiger partial charge on any atom is -0.390 e. The van der Waals surface area contributed by atoms with Crippen molar-refractivity contribution in [3.63, 3.8) is 0 Å². The Labute approximate surface area is 197 Å². The normalized spacial score (nSPS) is 12.9. The number of aliphatic hydroxyl groups excluding tert-OH is 1. The van der Waals surface area contributed by atoms with E-state index in [-0.39, 0.29) is 22.9 Å². The topological polar surface area (TPSA) is 108 Å². The molecular weight excluding hydrogens is 459 g/mol. The van der Waals surface area contributed by atoms with Crippen molar-refractivity contribution in [2.75, 3.05) is 0 Å². The van der Waals surface area contributed by atoms with Crippen LogP contribution in [0.25, 0.3) is 39.1 Å². The molecule has 178 valence electrons. The maximum Gasteiger partial charge on any atom is 0.504 e. The van der Waals surface area contributed by atoms with Crippen LogP contribution in [0.4, 0.5) is 13.2 Å². The number of hydrogen-bond acceptors (Lipinski definition) is 6. The number of fused-ring (bicyclic) bond motifs is 1. The van der Waals surface area contributed by atoms with E-state index in [2.05, 4.69) is 20.2 Å². The molecule has 0 amide bonds. The Morgan fingerprint density at radius 1 is 1.00 bits per heavy atom. The van der Waals surface area contributed by atoms with Crippen LogP contribution in [0, 0.1) is 0 Å². The van der Waals surface area contributed by atoms with E-state index >= 15 is 0 Å². The first-order chi connectivity index (χ1) is 16.7. The van der Waals surface area contributed by atoms with Crippen LogP contribution in [0.3, 0.4) is 0 Å². The molecule has 0 fully saturated rings. The number of aliphatic hydroxyl groups is 1. The van der Waals surface area contributed by atoms with Crippen molar-refractivity contribution >= 4 is 10.9 Å². The predicted molar refractivity (Wildman–Crippen MR) is 123 cm³/mol. The van der Waals surface area contributed by atoms with E-state index in [1.54, 1.807) is 41.2 Å². The third-order valence-corrected chi connectivity index (χ3v) is 5.55. The first kappa shape index (κ1) is 22.7. The highest BCUT2D eigenvalue weighted by molar-refractivity contribution is 5.98. The molecule has 0 saturated carbocycles. The maximum absolute atomic E-state index is 13.2. The molecule has 0 radical (unpaired) electrons. The fraction of sp³-hybridized carbons (Fsp3) is 0.167. The van der Waals surface area contributed by atoms with Gasteiger partial charge in [-0.3, -0.25) is 4.98 Å². The number of nitrogens with two attached hydrogens (primary N) is 1. The van der Waals surface area contributed by atoms with Gasteiger partial charge < -0.3 is 10.8 Å². The van der Waals surface area contributed by atoms with E-state index in [0.717, 1.165) is 6.20 Å². The van der Waals surface area contributed by atoms with Gasteiger partial charge in [-0.25, -0.2) is 9.67 Å². The number of nitrogens with zero attached hydrogens (tertiary/aromatic N) is 6. The Balaban J connectivity index is 1.76. The van der Waals surface area contributed by atoms with Gasteiger partial charge in [0.25, 0.3) is 0 Å². The van der Waals surface area contributed by atoms with E-state index in [1.165, 1.54) is 6.20 Å². The maximum atomic E-state index is 13.2. The van der Waals surface area contributed by atoms with Crippen molar-refractivity contribution in [1.82, 2.24) is 29.5 Å². The molecule has 35 heavy (non-hydrogen) atoms. The fourth-order valence-electron chi connectivity index (χ4n) is 3.84. The van der Waals surface area contributed by atoms with Crippen molar-refractivity contribution in [3.8, 4) is 28.2 Å². The summed E-state index contributed by atoms with van der Waals surface area (Å²) in [6.45, 7) is 1.58. The molecule has 1 unspecified atom stereocenters. The van der Waals surface area contributed by atoms with Gasteiger partial charge in [0, 0.05) is 28.8 Å². The van der Waals surface area contributed by atoms with Gasteiger partial charge >= 0.3 is 6.30 Å². The summed E-state index contributed by atoms with van der Waals surface area (Å²) < 4.78 is 41.2. The Morgan fingerprint density at radius 3 is 2.51 bits per heavy atom. The minimum absolute atomic E-state index is 0.0352. The zero-order valence-corrected chi connectivity index (χ0v) is 18.5. The summed E-state index contributed by atoms with van der Waals surface area (Å²) in [5.74, 6) is 0.456. The fourth-order valence-corrected chi connectivity index (χ4v) is 3.84. The molecule has 8 nitrogen and oxygen atoms in total. The molecule has 5 aromatic rings. The van der Waals surface area contributed by atoms with Crippen LogP contribution in [-0.4, -0.2) is 34.6 Å². The predicted octanol–water partition coefficient (Wildman–Crippen LogP) is 4.33. The molecule has 4 heterocycles. The van der Waals surface area contributed by atoms with Crippen LogP contribution in [0.5, 0.6) is 0 Å². The Kier molecular flexibility index (Phi) is 5.58. The van der Waals surface area contributed by atoms with Crippen LogP contribution in [0.1, 0.15) is 24.4 Å². The summed E-state index contributed by atoms with van der Waals surface area (Å²) in [7, 11) is 0. The van der Waals surface area contributed by atoms with Gasteiger partial charge in [0.1, 0.15) is 0 Å². The zero-order valence-electron chi connectivity index (χ0n) is 18.5. The summed E-state index contributed by atoms with van der Waals surface area (Å²) in [6, 6.07) is 13.9. The van der Waals surface area contributed by atoms with Crippen LogP contribution in [0.2, 0.25) is 0 Å². The molecule has 11 heteroatoms. The number of pyridine rings is 2. The first-order valence-electron chi connectivity index (χ1n) is 10.7. The molecule has 4 aromatic heterocycles. The van der Waals surface area contributed by atoms with Gasteiger partial charge in [0.15, 0.2) is 5.82 Å². The zero-order chi connectivity index (χ0) is 24.7. The van der Waals surface area contributed by atoms with Gasteiger partial charge in [-0.05, 0) is 48.9 Å². The summed E-state index contributed by atoms with van der Waals surface area (Å²) in [5, 5.41) is 18.0. The van der Waals surface area contributed by atoms with E-state index in [1.807, 2.05) is 25.1 Å². The minimum atomic E-state index is -4.64. The van der Waals surface area contributed by atoms with Crippen molar-refractivity contribution in [1.29, 1.82) is 0 Å². The van der Waals surface area contributed by atoms with E-state index < -0.39 is 6.30 Å². The van der Waals surface area contributed by atoms with Gasteiger partial charge in [-0.2, -0.15) is 14.9 Å². The average molecular weight is 479 g/mol. The lowest BCUT2D eigenvalue weighted by molar-refractivity contribution is -0.212. The second-order valence-corrected chi connectivity index (χ2v) is 8.04. The van der Waals surface area contributed by atoms with Crippen LogP contribution >= 0.6 is 0 Å². The lowest BCUT2D eigenvalue weighted by Gasteiger charge is -2.11. The average Bonchev–Trinajstić information content (AvgIpc) is 3.51. The summed E-state index contributed by atoms with van der Waals surface area (Å²) in [4.78, 5) is 9.05. The highest BCUT2D eigenvalue weighted by Crippen LogP contribution is 2.35. The van der Waals surface area contributed by atoms with Gasteiger partial charge in [-0.1, -0.05) is 12.1 Å². The monoisotopic (exact) mass is 479 g/mol. The number of alkyl halides is 3. The quantitative estimate of drug-likeness (QED) is 0.389. The standard InChI is InChI=1S/C24H20F3N7O/c1-14(28)20-5-3-6-21(32-20)15-8-18(16-10-29-33(12-16)24(25,26)27)19-11-30-34(22(19)9-15)23-7-2-4-17(13-35)31-23/h2-12,14,35H,13,28H2,1H3. The lowest BCUT2D eigenvalue weighted by atomic mass is 9.99. The van der Waals surface area contributed by atoms with E-state index in [9.17, 15) is 18.3 Å². The lowest BCUT2D eigenvalue weighted by Crippen LogP contribution is -2.16. The largest absolute Gasteiger partial charge is 0.504 e. The summed E-state index contributed by atoms with van der Waals surface area (Å²) >= 11 is 0. The molecular formula is C24H20F3N7O. The number of rotatable bonds is 5. The number of benzene rings is 1. The molecule has 1 atom stereocenters. The van der Waals surface area contributed by atoms with Crippen LogP contribution in [0.15, 0.2) is 67.1 Å². The summed E-state index contributed by atoms with van der Waals surface area (Å²) in [6.07, 6.45) is -0.967. The van der Waals surface area contributed by atoms with Crippen LogP contribution in [-0.2, 0) is 12.9 Å². The third-order valence-electron chi connectivity index (χ3n) is 5.55. The second kappa shape index (κ2) is 8.60. The molecule has 3 N–H and O–H groups in total. The van der Waals surface area contributed by atoms with Crippen molar-refractivity contribution in [2.45, 2.75) is 25.9 Å². The smallest absolute Gasteiger partial charge is 0.390 e. The van der Waals surface area contributed by atoms with Gasteiger partial charge in [0.2, 0.25) is 0 Å². The number of hydrogen-bond donors (Lipinski definition) is 2. The Bertz CT molecular complexity index is 1520. The molecule has 5 rings (SSSR count). The van der Waals surface area contributed by atoms with Gasteiger partial charge in [0.05, 0.1) is 41.6 Å². The van der Waals surface area contributed by atoms with Crippen molar-refractivity contribution in [3.05, 3.63) is 78.5 Å². The number of halogens is 3. The van der Waals surface area contributed by atoms with Crippen molar-refractivity contribution < 1.29 is 18.3 Å². The van der Waals surface area contributed by atoms with Crippen molar-refractivity contribution in [2.24, 2.45) is 5.73 Å². The molecule has 0 aliphatic carbocycles. The Hall–Kier alpha value is -4.09. The molecule has 1 aromatic carbocycles. The van der Waals surface area contributed by atoms with E-state index in [0.29, 0.717) is 44.9 Å². The van der Waals surface area contributed by atoms with Gasteiger partial charge in [-0.15, -0.1) is 13.2 Å². The highest BCUT2D eigenvalue weighted by Gasteiger charge is 2.32. The molecule has 0 bridgehead atoms. The molecule has 0 spiro atoms. The second-order valence-electron chi connectivity index (χ2n) is 8.04. The third kappa shape index (κ3) is 4.27.